The van der Waals surface area contributed by atoms with E-state index < -0.39 is 11.0 Å². The Kier molecular flexibility index (Phi) is 7.55. The molecule has 7 heteroatoms. The Morgan fingerprint density at radius 1 is 1.14 bits per heavy atom. The zero-order valence-corrected chi connectivity index (χ0v) is 21.2. The number of nitrogens with zero attached hydrogens (tertiary/aromatic N) is 1. The lowest BCUT2D eigenvalue weighted by Gasteiger charge is -2.51. The molecule has 1 aliphatic carbocycles. The molecule has 2 aromatic rings. The molecule has 2 aliphatic rings. The van der Waals surface area contributed by atoms with Gasteiger partial charge in [-0.1, -0.05) is 56.1 Å². The van der Waals surface area contributed by atoms with Gasteiger partial charge in [-0.15, -0.1) is 0 Å². The van der Waals surface area contributed by atoms with Gasteiger partial charge in [0.2, 0.25) is 5.91 Å². The highest BCUT2D eigenvalue weighted by Gasteiger charge is 2.50. The maximum absolute atomic E-state index is 13.6. The van der Waals surface area contributed by atoms with Crippen molar-refractivity contribution in [2.24, 2.45) is 17.3 Å². The van der Waals surface area contributed by atoms with Crippen LogP contribution >= 0.6 is 11.6 Å². The first-order valence-corrected chi connectivity index (χ1v) is 12.8. The smallest absolute Gasteiger partial charge is 0.251 e. The Labute approximate surface area is 212 Å². The van der Waals surface area contributed by atoms with Crippen LogP contribution < -0.4 is 5.32 Å². The summed E-state index contributed by atoms with van der Waals surface area (Å²) in [7, 11) is 0. The van der Waals surface area contributed by atoms with Crippen molar-refractivity contribution in [2.45, 2.75) is 51.7 Å². The monoisotopic (exact) mass is 498 g/mol. The average Bonchev–Trinajstić information content (AvgIpc) is 3.32. The van der Waals surface area contributed by atoms with E-state index in [4.69, 9.17) is 11.6 Å². The molecular weight excluding hydrogens is 464 g/mol. The zero-order chi connectivity index (χ0) is 25.2. The van der Waals surface area contributed by atoms with Crippen LogP contribution in [0.4, 0.5) is 0 Å². The number of likely N-dealkylation sites (tertiary alicyclic amines) is 1. The molecule has 4 rings (SSSR count). The first kappa shape index (κ1) is 25.7. The number of nitrogens with one attached hydrogen (secondary N) is 1. The van der Waals surface area contributed by atoms with Gasteiger partial charge in [-0.25, -0.2) is 0 Å². The van der Waals surface area contributed by atoms with Gasteiger partial charge in [-0.05, 0) is 60.6 Å². The van der Waals surface area contributed by atoms with Crippen LogP contribution in [0.15, 0.2) is 48.5 Å². The lowest BCUT2D eigenvalue weighted by atomic mass is 9.66. The minimum Gasteiger partial charge on any atom is -0.392 e. The van der Waals surface area contributed by atoms with Gasteiger partial charge in [0, 0.05) is 41.6 Å². The summed E-state index contributed by atoms with van der Waals surface area (Å²) in [4.78, 5) is 28.1. The third-order valence-corrected chi connectivity index (χ3v) is 8.21. The van der Waals surface area contributed by atoms with Gasteiger partial charge in [0.15, 0.2) is 0 Å². The van der Waals surface area contributed by atoms with E-state index in [9.17, 15) is 19.8 Å². The van der Waals surface area contributed by atoms with E-state index in [1.807, 2.05) is 30.9 Å². The van der Waals surface area contributed by atoms with Crippen LogP contribution in [0, 0.1) is 17.3 Å². The van der Waals surface area contributed by atoms with Gasteiger partial charge in [0.05, 0.1) is 12.2 Å². The van der Waals surface area contributed by atoms with Crippen LogP contribution in [0.1, 0.15) is 61.0 Å². The van der Waals surface area contributed by atoms with Crippen molar-refractivity contribution in [3.8, 4) is 0 Å². The second-order valence-corrected chi connectivity index (χ2v) is 11.1. The molecule has 0 spiro atoms. The van der Waals surface area contributed by atoms with Crippen LogP contribution in [-0.2, 0) is 17.0 Å². The third kappa shape index (κ3) is 5.25. The van der Waals surface area contributed by atoms with Crippen molar-refractivity contribution in [3.63, 3.8) is 0 Å². The molecule has 2 aromatic carbocycles. The van der Waals surface area contributed by atoms with E-state index in [2.05, 4.69) is 5.32 Å². The van der Waals surface area contributed by atoms with Gasteiger partial charge < -0.3 is 20.4 Å². The van der Waals surface area contributed by atoms with Crippen molar-refractivity contribution in [2.75, 3.05) is 19.6 Å². The standard InChI is InChI=1S/C28H35ClN2O4/c1-27(2)18-31(14-13-28(27,35)22-9-11-23(29)12-10-22)26(34)24-8-4-7-21(24)16-30-25(33)20-6-3-5-19(15-20)17-32/h3,5-6,9-12,15,21,24,32,35H,4,7-8,13-14,16-18H2,1-2H3,(H,30,33)/t21-,24-,28-/m0/s1. The van der Waals surface area contributed by atoms with Crippen LogP contribution in [0.25, 0.3) is 0 Å². The fourth-order valence-electron chi connectivity index (χ4n) is 5.75. The molecule has 1 saturated heterocycles. The number of benzene rings is 2. The number of halogens is 1. The quantitative estimate of drug-likeness (QED) is 0.558. The van der Waals surface area contributed by atoms with Crippen molar-refractivity contribution >= 4 is 23.4 Å². The summed E-state index contributed by atoms with van der Waals surface area (Å²) >= 11 is 6.04. The van der Waals surface area contributed by atoms with Gasteiger partial charge in [0.1, 0.15) is 0 Å². The van der Waals surface area contributed by atoms with Crippen LogP contribution in [0.2, 0.25) is 5.02 Å². The number of carbonyl (C=O) groups is 2. The molecule has 188 valence electrons. The SMILES string of the molecule is CC1(C)CN(C(=O)[C@H]2CCC[C@H]2CNC(=O)c2cccc(CO)c2)CC[C@]1(O)c1ccc(Cl)cc1. The Bertz CT molecular complexity index is 1070. The number of hydrogen-bond acceptors (Lipinski definition) is 4. The maximum Gasteiger partial charge on any atom is 0.251 e. The molecule has 0 radical (unpaired) electrons. The van der Waals surface area contributed by atoms with Gasteiger partial charge >= 0.3 is 0 Å². The average molecular weight is 499 g/mol. The number of aliphatic hydroxyl groups is 2. The second-order valence-electron chi connectivity index (χ2n) is 10.6. The highest BCUT2D eigenvalue weighted by molar-refractivity contribution is 6.30. The second kappa shape index (κ2) is 10.3. The topological polar surface area (TPSA) is 89.9 Å². The molecule has 1 heterocycles. The van der Waals surface area contributed by atoms with Crippen LogP contribution in [0.5, 0.6) is 0 Å². The largest absolute Gasteiger partial charge is 0.392 e. The van der Waals surface area contributed by atoms with Crippen molar-refractivity contribution in [1.29, 1.82) is 0 Å². The number of carbonyl (C=O) groups excluding carboxylic acids is 2. The summed E-state index contributed by atoms with van der Waals surface area (Å²) in [5.74, 6) is -0.106. The number of rotatable bonds is 6. The van der Waals surface area contributed by atoms with Crippen LogP contribution in [-0.4, -0.2) is 46.6 Å². The van der Waals surface area contributed by atoms with Crippen molar-refractivity contribution in [1.82, 2.24) is 10.2 Å². The Hall–Kier alpha value is -2.41. The summed E-state index contributed by atoms with van der Waals surface area (Å²) in [5.41, 5.74) is 0.454. The lowest BCUT2D eigenvalue weighted by molar-refractivity contribution is -0.157. The summed E-state index contributed by atoms with van der Waals surface area (Å²) < 4.78 is 0. The third-order valence-electron chi connectivity index (χ3n) is 7.96. The van der Waals surface area contributed by atoms with Crippen LogP contribution in [0.3, 0.4) is 0 Å². The number of aliphatic hydroxyl groups excluding tert-OH is 1. The Balaban J connectivity index is 1.39. The molecular formula is C28H35ClN2O4. The van der Waals surface area contributed by atoms with E-state index in [0.717, 1.165) is 24.8 Å². The fraction of sp³-hybridized carbons (Fsp3) is 0.500. The Morgan fingerprint density at radius 2 is 1.89 bits per heavy atom. The number of piperidine rings is 1. The molecule has 2 fully saturated rings. The molecule has 6 nitrogen and oxygen atoms in total. The first-order chi connectivity index (χ1) is 16.6. The zero-order valence-electron chi connectivity index (χ0n) is 20.5. The molecule has 1 aliphatic heterocycles. The van der Waals surface area contributed by atoms with Gasteiger partial charge in [0.25, 0.3) is 5.91 Å². The van der Waals surface area contributed by atoms with E-state index in [1.54, 1.807) is 36.4 Å². The summed E-state index contributed by atoms with van der Waals surface area (Å²) in [6, 6.07) is 14.3. The first-order valence-electron chi connectivity index (χ1n) is 12.4. The van der Waals surface area contributed by atoms with Gasteiger partial charge in [-0.3, -0.25) is 9.59 Å². The molecule has 0 unspecified atom stereocenters. The summed E-state index contributed by atoms with van der Waals surface area (Å²) in [6.07, 6.45) is 3.14. The maximum atomic E-state index is 13.6. The van der Waals surface area contributed by atoms with E-state index in [0.29, 0.717) is 42.2 Å². The van der Waals surface area contributed by atoms with E-state index in [-0.39, 0.29) is 30.3 Å². The molecule has 2 amide bonds. The summed E-state index contributed by atoms with van der Waals surface area (Å²) in [5, 5.41) is 24.6. The van der Waals surface area contributed by atoms with Gasteiger partial charge in [-0.2, -0.15) is 0 Å². The highest BCUT2D eigenvalue weighted by Crippen LogP contribution is 2.47. The van der Waals surface area contributed by atoms with Crippen molar-refractivity contribution < 1.29 is 19.8 Å². The minimum absolute atomic E-state index is 0.0904. The molecule has 3 N–H and O–H groups in total. The highest BCUT2D eigenvalue weighted by atomic mass is 35.5. The molecule has 0 bridgehead atoms. The predicted octanol–water partition coefficient (Wildman–Crippen LogP) is 4.12. The molecule has 35 heavy (non-hydrogen) atoms. The molecule has 1 saturated carbocycles. The molecule has 3 atom stereocenters. The van der Waals surface area contributed by atoms with E-state index >= 15 is 0 Å². The lowest BCUT2D eigenvalue weighted by Crippen LogP contribution is -2.57. The van der Waals surface area contributed by atoms with E-state index in [1.165, 1.54) is 0 Å². The predicted molar refractivity (Wildman–Crippen MR) is 136 cm³/mol. The van der Waals surface area contributed by atoms with Crippen molar-refractivity contribution in [3.05, 3.63) is 70.2 Å². The Morgan fingerprint density at radius 3 is 2.57 bits per heavy atom. The minimum atomic E-state index is -1.04. The molecule has 0 aromatic heterocycles. The number of hydrogen-bond donors (Lipinski definition) is 3. The fourth-order valence-corrected chi connectivity index (χ4v) is 5.87. The number of amides is 2. The summed E-state index contributed by atoms with van der Waals surface area (Å²) in [6.45, 7) is 5.31. The normalized spacial score (nSPS) is 25.9.